The summed E-state index contributed by atoms with van der Waals surface area (Å²) in [4.78, 5) is 8.48. The van der Waals surface area contributed by atoms with Gasteiger partial charge in [-0.25, -0.2) is 9.97 Å². The molecule has 4 heteroatoms. The third-order valence-electron chi connectivity index (χ3n) is 22.2. The van der Waals surface area contributed by atoms with Gasteiger partial charge in [0.25, 0.3) is 0 Å². The van der Waals surface area contributed by atoms with Crippen molar-refractivity contribution < 1.29 is 4.42 Å². The van der Waals surface area contributed by atoms with E-state index in [1.807, 2.05) is 56.3 Å². The standard InChI is InChI=1S/C45H36.2C26H22.C8H7NO.C8H7NS.CH4/c1-35-32-42(44(36-20-8-2-9-21-36,37-22-10-3-11-23-37)38-24-12-4-13-25-38)34-43(33-35)45(39-26-14-5-15-27-39,40-28-16-6-17-29-40)41-30-18-7-19-31-41;1-21-12-11-19-25(20-21)26(22-13-5-2-6-14-22,23-15-7-3-8-16-23)24-17-9-4-10-18-24;1-21-17-19-25(20-18-21)26(22-11-5-2-6-12-22,23-13-7-3-8-14-23)24-15-9-4-10-16-24;2*1-6-9-7-4-2-3-5-8(7)10-6;/h2-34H,1H3;2*2-20H,1H3;2*2-5H,1H3;1H4. The SMILES string of the molecule is C.Cc1cc(C(c2ccccc2)(c2ccccc2)c2ccccc2)cc(C(c2ccccc2)(c2ccccc2)c2ccccc2)c1.Cc1ccc(C(c2ccccc2)(c2ccccc2)c2ccccc2)cc1.Cc1cccc(C(c2ccccc2)(c2ccccc2)c2ccccc2)c1.Cc1nc2ccccc2o1.Cc1nc2ccccc2s1. The third kappa shape index (κ3) is 17.0. The van der Waals surface area contributed by atoms with Gasteiger partial charge in [0.15, 0.2) is 11.5 Å². The van der Waals surface area contributed by atoms with Crippen molar-refractivity contribution >= 4 is 32.7 Å². The highest BCUT2D eigenvalue weighted by Gasteiger charge is 2.44. The molecule has 0 aliphatic heterocycles. The lowest BCUT2D eigenvalue weighted by atomic mass is 9.61. The predicted molar refractivity (Wildman–Crippen MR) is 497 cm³/mol. The summed E-state index contributed by atoms with van der Waals surface area (Å²) in [5.74, 6) is 0.723. The molecule has 0 aliphatic rings. The molecule has 0 saturated carbocycles. The maximum absolute atomic E-state index is 5.26. The Balaban J connectivity index is 0.000000134. The van der Waals surface area contributed by atoms with Crippen molar-refractivity contribution in [3.63, 3.8) is 0 Å². The van der Waals surface area contributed by atoms with E-state index in [4.69, 9.17) is 4.42 Å². The van der Waals surface area contributed by atoms with Gasteiger partial charge in [0.05, 0.1) is 36.9 Å². The molecule has 0 amide bonds. The van der Waals surface area contributed by atoms with Gasteiger partial charge in [0.1, 0.15) is 5.52 Å². The molecule has 19 rings (SSSR count). The largest absolute Gasteiger partial charge is 0.441 e. The second-order valence-electron chi connectivity index (χ2n) is 29.6. The molecule has 0 N–H and O–H groups in total. The van der Waals surface area contributed by atoms with E-state index in [0.717, 1.165) is 27.5 Å². The van der Waals surface area contributed by atoms with Crippen LogP contribution in [0.25, 0.3) is 21.3 Å². The first-order chi connectivity index (χ1) is 57.6. The minimum Gasteiger partial charge on any atom is -0.441 e. The van der Waals surface area contributed by atoms with E-state index in [1.165, 1.54) is 110 Å². The maximum atomic E-state index is 5.26. The van der Waals surface area contributed by atoms with Crippen LogP contribution in [0.3, 0.4) is 0 Å². The number of rotatable bonds is 16. The van der Waals surface area contributed by atoms with Crippen molar-refractivity contribution in [1.82, 2.24) is 9.97 Å². The molecule has 0 unspecified atom stereocenters. The van der Waals surface area contributed by atoms with E-state index in [1.54, 1.807) is 11.3 Å². The molecule has 118 heavy (non-hydrogen) atoms. The summed E-state index contributed by atoms with van der Waals surface area (Å²) in [5.41, 5.74) is 25.1. The van der Waals surface area contributed by atoms with Crippen LogP contribution in [0, 0.1) is 34.6 Å². The number of hydrogen-bond acceptors (Lipinski definition) is 4. The van der Waals surface area contributed by atoms with Crippen molar-refractivity contribution in [2.45, 2.75) is 63.7 Å². The number of aryl methyl sites for hydroxylation is 5. The zero-order valence-corrected chi connectivity index (χ0v) is 67.6. The molecule has 2 aromatic heterocycles. The smallest absolute Gasteiger partial charge is 0.192 e. The van der Waals surface area contributed by atoms with E-state index in [-0.39, 0.29) is 18.3 Å². The summed E-state index contributed by atoms with van der Waals surface area (Å²) in [7, 11) is 0. The summed E-state index contributed by atoms with van der Waals surface area (Å²) in [6, 6.07) is 172. The second-order valence-corrected chi connectivity index (χ2v) is 30.9. The van der Waals surface area contributed by atoms with Gasteiger partial charge < -0.3 is 4.42 Å². The molecule has 0 saturated heterocycles. The Hall–Kier alpha value is -13.9. The van der Waals surface area contributed by atoms with Crippen LogP contribution in [0.1, 0.15) is 124 Å². The molecule has 0 spiro atoms. The molecular formula is C114H98N2OS. The van der Waals surface area contributed by atoms with Gasteiger partial charge in [-0.3, -0.25) is 0 Å². The Morgan fingerprint density at radius 1 is 0.195 bits per heavy atom. The van der Waals surface area contributed by atoms with E-state index in [2.05, 4.69) is 468 Å². The van der Waals surface area contributed by atoms with Crippen LogP contribution in [0.4, 0.5) is 0 Å². The quantitative estimate of drug-likeness (QED) is 0.0905. The molecule has 0 bridgehead atoms. The first kappa shape index (κ1) is 80.7. The number of hydrogen-bond donors (Lipinski definition) is 0. The highest BCUT2D eigenvalue weighted by molar-refractivity contribution is 7.18. The number of aromatic nitrogens is 2. The van der Waals surface area contributed by atoms with Crippen LogP contribution in [-0.4, -0.2) is 9.97 Å². The Labute approximate surface area is 701 Å². The summed E-state index contributed by atoms with van der Waals surface area (Å²) >= 11 is 1.74. The predicted octanol–water partition coefficient (Wildman–Crippen LogP) is 28.9. The van der Waals surface area contributed by atoms with E-state index in [9.17, 15) is 0 Å². The van der Waals surface area contributed by atoms with Gasteiger partial charge in [0.2, 0.25) is 0 Å². The van der Waals surface area contributed by atoms with Crippen LogP contribution in [0.2, 0.25) is 0 Å². The lowest BCUT2D eigenvalue weighted by Gasteiger charge is -2.40. The van der Waals surface area contributed by atoms with Gasteiger partial charge in [-0.1, -0.05) is 479 Å². The minimum atomic E-state index is -0.541. The Morgan fingerprint density at radius 3 is 0.737 bits per heavy atom. The number of benzene rings is 17. The van der Waals surface area contributed by atoms with Crippen molar-refractivity contribution in [3.8, 4) is 0 Å². The topological polar surface area (TPSA) is 38.9 Å². The van der Waals surface area contributed by atoms with E-state index < -0.39 is 10.8 Å². The van der Waals surface area contributed by atoms with Gasteiger partial charge in [0, 0.05) is 6.92 Å². The monoisotopic (exact) mass is 1540 g/mol. The molecule has 0 radical (unpaired) electrons. The van der Waals surface area contributed by atoms with Gasteiger partial charge in [-0.2, -0.15) is 0 Å². The van der Waals surface area contributed by atoms with Gasteiger partial charge >= 0.3 is 0 Å². The molecule has 2 heterocycles. The number of para-hydroxylation sites is 3. The zero-order chi connectivity index (χ0) is 80.1. The zero-order valence-electron chi connectivity index (χ0n) is 66.8. The van der Waals surface area contributed by atoms with Crippen LogP contribution in [0.5, 0.6) is 0 Å². The van der Waals surface area contributed by atoms with Crippen LogP contribution in [-0.2, 0) is 21.7 Å². The van der Waals surface area contributed by atoms with Crippen LogP contribution >= 0.6 is 11.3 Å². The first-order valence-corrected chi connectivity index (χ1v) is 41.0. The van der Waals surface area contributed by atoms with Gasteiger partial charge in [-0.15, -0.1) is 11.3 Å². The fourth-order valence-electron chi connectivity index (χ4n) is 17.1. The Morgan fingerprint density at radius 2 is 0.441 bits per heavy atom. The van der Waals surface area contributed by atoms with Crippen LogP contribution < -0.4 is 0 Å². The van der Waals surface area contributed by atoms with Crippen molar-refractivity contribution in [2.75, 3.05) is 0 Å². The summed E-state index contributed by atoms with van der Waals surface area (Å²) in [6.07, 6.45) is 0. The fraction of sp³-hybridized carbons (Fsp3) is 0.0877. The second kappa shape index (κ2) is 38.0. The number of fused-ring (bicyclic) bond motifs is 2. The van der Waals surface area contributed by atoms with E-state index >= 15 is 0 Å². The van der Waals surface area contributed by atoms with Crippen molar-refractivity contribution in [1.29, 1.82) is 0 Å². The van der Waals surface area contributed by atoms with Crippen molar-refractivity contribution in [3.05, 3.63) is 596 Å². The average molecular weight is 1540 g/mol. The molecule has 576 valence electrons. The summed E-state index contributed by atoms with van der Waals surface area (Å²) in [5, 5.41) is 1.14. The van der Waals surface area contributed by atoms with Crippen molar-refractivity contribution in [2.24, 2.45) is 0 Å². The summed E-state index contributed by atoms with van der Waals surface area (Å²) < 4.78 is 6.53. The number of nitrogens with zero attached hydrogens (tertiary/aromatic N) is 2. The molecule has 17 aromatic carbocycles. The van der Waals surface area contributed by atoms with E-state index in [0.29, 0.717) is 0 Å². The molecule has 19 aromatic rings. The highest BCUT2D eigenvalue weighted by Crippen LogP contribution is 2.52. The Kier molecular flexibility index (Phi) is 26.0. The van der Waals surface area contributed by atoms with Crippen LogP contribution in [0.15, 0.2) is 484 Å². The minimum absolute atomic E-state index is 0. The normalized spacial score (nSPS) is 11.2. The molecular weight excluding hydrogens is 1450 g/mol. The summed E-state index contributed by atoms with van der Waals surface area (Å²) in [6.45, 7) is 10.4. The lowest BCUT2D eigenvalue weighted by Crippen LogP contribution is -2.34. The Bertz CT molecular complexity index is 5580. The first-order valence-electron chi connectivity index (χ1n) is 40.2. The third-order valence-corrected chi connectivity index (χ3v) is 23.1. The van der Waals surface area contributed by atoms with Gasteiger partial charge in [-0.05, 0) is 141 Å². The molecule has 0 aliphatic carbocycles. The number of thiazole rings is 1. The molecule has 0 fully saturated rings. The lowest BCUT2D eigenvalue weighted by molar-refractivity contribution is 0.561. The number of oxazole rings is 1. The maximum Gasteiger partial charge on any atom is 0.192 e. The highest BCUT2D eigenvalue weighted by atomic mass is 32.1. The average Bonchev–Trinajstić information content (AvgIpc) is 0.728. The molecule has 0 atom stereocenters. The molecule has 3 nitrogen and oxygen atoms in total. The fourth-order valence-corrected chi connectivity index (χ4v) is 18.0.